The molecule has 1 atom stereocenters. The van der Waals surface area contributed by atoms with E-state index in [4.69, 9.17) is 5.53 Å². The minimum Gasteiger partial charge on any atom is -0.391 e. The van der Waals surface area contributed by atoms with Crippen molar-refractivity contribution in [3.8, 4) is 0 Å². The molecule has 0 aromatic heterocycles. The third kappa shape index (κ3) is 2.93. The quantitative estimate of drug-likeness (QED) is 0.379. The van der Waals surface area contributed by atoms with Gasteiger partial charge in [-0.2, -0.15) is 0 Å². The molecule has 0 spiro atoms. The molecule has 72 valence electrons. The predicted molar refractivity (Wildman–Crippen MR) is 45.8 cm³/mol. The number of azide groups is 1. The van der Waals surface area contributed by atoms with Crippen LogP contribution in [-0.2, 0) is 4.79 Å². The zero-order chi connectivity index (χ0) is 9.68. The molecule has 1 aliphatic rings. The number of likely N-dealkylation sites (tertiary alicyclic amines) is 1. The Hall–Kier alpha value is -1.26. The van der Waals surface area contributed by atoms with Crippen molar-refractivity contribution in [2.45, 2.75) is 18.9 Å². The lowest BCUT2D eigenvalue weighted by molar-refractivity contribution is -0.132. The van der Waals surface area contributed by atoms with Gasteiger partial charge in [0.15, 0.2) is 0 Å². The van der Waals surface area contributed by atoms with Crippen LogP contribution in [0, 0.1) is 0 Å². The van der Waals surface area contributed by atoms with Crippen LogP contribution in [0.4, 0.5) is 0 Å². The van der Waals surface area contributed by atoms with Gasteiger partial charge < -0.3 is 10.0 Å². The van der Waals surface area contributed by atoms with Gasteiger partial charge in [0.2, 0.25) is 5.91 Å². The van der Waals surface area contributed by atoms with Gasteiger partial charge in [0, 0.05) is 18.0 Å². The molecule has 1 aliphatic heterocycles. The van der Waals surface area contributed by atoms with Gasteiger partial charge in [-0.25, -0.2) is 0 Å². The fourth-order valence-electron chi connectivity index (χ4n) is 1.37. The van der Waals surface area contributed by atoms with E-state index in [0.29, 0.717) is 13.1 Å². The maximum atomic E-state index is 11.3. The molecule has 6 heteroatoms. The zero-order valence-corrected chi connectivity index (χ0v) is 7.26. The standard InChI is InChI=1S/C7H12N4O2/c8-10-9-4-7(13)11-3-1-2-6(12)5-11/h6,12H,1-5H2. The van der Waals surface area contributed by atoms with Crippen molar-refractivity contribution >= 4 is 5.91 Å². The number of amides is 1. The summed E-state index contributed by atoms with van der Waals surface area (Å²) in [7, 11) is 0. The number of carbonyl (C=O) groups is 1. The van der Waals surface area contributed by atoms with Crippen LogP contribution >= 0.6 is 0 Å². The van der Waals surface area contributed by atoms with E-state index in [1.807, 2.05) is 0 Å². The molecular formula is C7H12N4O2. The monoisotopic (exact) mass is 184 g/mol. The summed E-state index contributed by atoms with van der Waals surface area (Å²) in [4.78, 5) is 15.3. The van der Waals surface area contributed by atoms with Crippen molar-refractivity contribution in [3.63, 3.8) is 0 Å². The van der Waals surface area contributed by atoms with Crippen molar-refractivity contribution in [3.05, 3.63) is 10.4 Å². The van der Waals surface area contributed by atoms with E-state index >= 15 is 0 Å². The van der Waals surface area contributed by atoms with E-state index in [0.717, 1.165) is 12.8 Å². The summed E-state index contributed by atoms with van der Waals surface area (Å²) in [5.74, 6) is -0.212. The number of aliphatic hydroxyl groups excluding tert-OH is 1. The molecule has 0 aliphatic carbocycles. The summed E-state index contributed by atoms with van der Waals surface area (Å²) in [5.41, 5.74) is 8.00. The minimum absolute atomic E-state index is 0.150. The van der Waals surface area contributed by atoms with E-state index in [1.54, 1.807) is 0 Å². The molecule has 1 amide bonds. The molecule has 1 rings (SSSR count). The number of rotatable bonds is 2. The molecule has 0 aromatic rings. The van der Waals surface area contributed by atoms with Crippen molar-refractivity contribution in [2.24, 2.45) is 5.11 Å². The third-order valence-corrected chi connectivity index (χ3v) is 2.02. The van der Waals surface area contributed by atoms with Gasteiger partial charge in [-0.3, -0.25) is 4.79 Å². The summed E-state index contributed by atoms with van der Waals surface area (Å²) in [6.07, 6.45) is 1.12. The van der Waals surface area contributed by atoms with E-state index < -0.39 is 6.10 Å². The molecule has 0 aromatic carbocycles. The number of β-amino-alcohol motifs (C(OH)–C–C–N with tert-alkyl or cyclic N) is 1. The highest BCUT2D eigenvalue weighted by Crippen LogP contribution is 2.09. The van der Waals surface area contributed by atoms with Crippen molar-refractivity contribution in [2.75, 3.05) is 19.6 Å². The van der Waals surface area contributed by atoms with Crippen LogP contribution in [0.25, 0.3) is 10.4 Å². The highest BCUT2D eigenvalue weighted by molar-refractivity contribution is 5.78. The van der Waals surface area contributed by atoms with Gasteiger partial charge in [0.05, 0.1) is 6.10 Å². The van der Waals surface area contributed by atoms with Crippen LogP contribution in [0.1, 0.15) is 12.8 Å². The van der Waals surface area contributed by atoms with Crippen LogP contribution in [0.15, 0.2) is 5.11 Å². The van der Waals surface area contributed by atoms with Gasteiger partial charge in [-0.05, 0) is 18.4 Å². The second kappa shape index (κ2) is 4.69. The summed E-state index contributed by atoms with van der Waals surface area (Å²) in [6, 6.07) is 0. The highest BCUT2D eigenvalue weighted by atomic mass is 16.3. The summed E-state index contributed by atoms with van der Waals surface area (Å²) in [6.45, 7) is 0.861. The molecule has 0 saturated carbocycles. The first kappa shape index (κ1) is 9.83. The smallest absolute Gasteiger partial charge is 0.228 e. The molecule has 13 heavy (non-hydrogen) atoms. The average molecular weight is 184 g/mol. The lowest BCUT2D eigenvalue weighted by atomic mass is 10.1. The topological polar surface area (TPSA) is 89.3 Å². The third-order valence-electron chi connectivity index (χ3n) is 2.02. The first-order chi connectivity index (χ1) is 6.24. The molecular weight excluding hydrogens is 172 g/mol. The Morgan fingerprint density at radius 3 is 3.15 bits per heavy atom. The summed E-state index contributed by atoms with van der Waals surface area (Å²) >= 11 is 0. The molecule has 1 unspecified atom stereocenters. The Morgan fingerprint density at radius 1 is 1.77 bits per heavy atom. The number of aliphatic hydroxyl groups is 1. The van der Waals surface area contributed by atoms with Crippen LogP contribution in [0.5, 0.6) is 0 Å². The molecule has 0 radical (unpaired) electrons. The fourth-order valence-corrected chi connectivity index (χ4v) is 1.37. The Morgan fingerprint density at radius 2 is 2.54 bits per heavy atom. The second-order valence-electron chi connectivity index (χ2n) is 3.02. The van der Waals surface area contributed by atoms with Crippen molar-refractivity contribution in [1.82, 2.24) is 4.90 Å². The lowest BCUT2D eigenvalue weighted by Crippen LogP contribution is -2.43. The molecule has 1 saturated heterocycles. The minimum atomic E-state index is -0.427. The number of hydrogen-bond acceptors (Lipinski definition) is 3. The molecule has 6 nitrogen and oxygen atoms in total. The van der Waals surface area contributed by atoms with Crippen LogP contribution in [-0.4, -0.2) is 41.7 Å². The first-order valence-electron chi connectivity index (χ1n) is 4.20. The van der Waals surface area contributed by atoms with E-state index in [-0.39, 0.29) is 12.5 Å². The summed E-state index contributed by atoms with van der Waals surface area (Å²) in [5, 5.41) is 12.4. The van der Waals surface area contributed by atoms with E-state index in [2.05, 4.69) is 10.0 Å². The molecule has 1 heterocycles. The molecule has 1 fully saturated rings. The Labute approximate surface area is 75.8 Å². The SMILES string of the molecule is [N-]=[N+]=NCC(=O)N1CCCC(O)C1. The highest BCUT2D eigenvalue weighted by Gasteiger charge is 2.20. The lowest BCUT2D eigenvalue weighted by Gasteiger charge is -2.29. The van der Waals surface area contributed by atoms with Crippen molar-refractivity contribution in [1.29, 1.82) is 0 Å². The van der Waals surface area contributed by atoms with Crippen molar-refractivity contribution < 1.29 is 9.90 Å². The van der Waals surface area contributed by atoms with E-state index in [9.17, 15) is 9.90 Å². The van der Waals surface area contributed by atoms with Crippen LogP contribution in [0.3, 0.4) is 0 Å². The summed E-state index contributed by atoms with van der Waals surface area (Å²) < 4.78 is 0. The van der Waals surface area contributed by atoms with Crippen LogP contribution < -0.4 is 0 Å². The second-order valence-corrected chi connectivity index (χ2v) is 3.02. The Bertz CT molecular complexity index is 237. The van der Waals surface area contributed by atoms with Gasteiger partial charge in [-0.15, -0.1) is 0 Å². The Kier molecular flexibility index (Phi) is 3.54. The first-order valence-corrected chi connectivity index (χ1v) is 4.20. The predicted octanol–water partition coefficient (Wildman–Crippen LogP) is 0.280. The van der Waals surface area contributed by atoms with Gasteiger partial charge >= 0.3 is 0 Å². The van der Waals surface area contributed by atoms with E-state index in [1.165, 1.54) is 4.90 Å². The van der Waals surface area contributed by atoms with Gasteiger partial charge in [0.1, 0.15) is 6.54 Å². The number of carbonyl (C=O) groups excluding carboxylic acids is 1. The van der Waals surface area contributed by atoms with Crippen LogP contribution in [0.2, 0.25) is 0 Å². The average Bonchev–Trinajstić information content (AvgIpc) is 2.14. The zero-order valence-electron chi connectivity index (χ0n) is 7.26. The molecule has 0 bridgehead atoms. The maximum Gasteiger partial charge on any atom is 0.228 e. The van der Waals surface area contributed by atoms with Gasteiger partial charge in [0.25, 0.3) is 0 Å². The largest absolute Gasteiger partial charge is 0.391 e. The Balaban J connectivity index is 2.41. The molecule has 1 N–H and O–H groups in total. The fraction of sp³-hybridized carbons (Fsp3) is 0.857. The number of hydrogen-bond donors (Lipinski definition) is 1. The number of nitrogens with zero attached hydrogens (tertiary/aromatic N) is 4. The number of piperidine rings is 1. The maximum absolute atomic E-state index is 11.3. The van der Waals surface area contributed by atoms with Gasteiger partial charge in [-0.1, -0.05) is 5.11 Å². The normalized spacial score (nSPS) is 22.2.